The van der Waals surface area contributed by atoms with E-state index in [1.807, 2.05) is 19.4 Å². The van der Waals surface area contributed by atoms with Gasteiger partial charge in [-0.3, -0.25) is 4.68 Å². The highest BCUT2D eigenvalue weighted by Gasteiger charge is 2.18. The van der Waals surface area contributed by atoms with Crippen LogP contribution in [0.5, 0.6) is 0 Å². The summed E-state index contributed by atoms with van der Waals surface area (Å²) in [4.78, 5) is 0. The van der Waals surface area contributed by atoms with Gasteiger partial charge >= 0.3 is 0 Å². The van der Waals surface area contributed by atoms with Crippen LogP contribution in [0.2, 0.25) is 0 Å². The van der Waals surface area contributed by atoms with Crippen molar-refractivity contribution in [2.24, 2.45) is 18.4 Å². The Balaban J connectivity index is 2.36. The van der Waals surface area contributed by atoms with Gasteiger partial charge in [-0.2, -0.15) is 5.10 Å². The number of aliphatic hydroxyl groups is 1. The first-order valence-corrected chi connectivity index (χ1v) is 6.42. The van der Waals surface area contributed by atoms with Crippen molar-refractivity contribution in [2.75, 3.05) is 0 Å². The zero-order valence-corrected chi connectivity index (χ0v) is 11.8. The average Bonchev–Trinajstić information content (AvgIpc) is 2.46. The van der Waals surface area contributed by atoms with E-state index >= 15 is 0 Å². The third-order valence-electron chi connectivity index (χ3n) is 2.86. The SMILES string of the molecule is CC(CC(O)Cc1cnn(C)c1)CC(C)(C)C. The fourth-order valence-electron chi connectivity index (χ4n) is 2.53. The van der Waals surface area contributed by atoms with Gasteiger partial charge in [0.15, 0.2) is 0 Å². The van der Waals surface area contributed by atoms with Crippen molar-refractivity contribution in [1.82, 2.24) is 9.78 Å². The van der Waals surface area contributed by atoms with Crippen LogP contribution in [0.3, 0.4) is 0 Å². The molecule has 0 saturated heterocycles. The molecule has 3 heteroatoms. The topological polar surface area (TPSA) is 38.1 Å². The van der Waals surface area contributed by atoms with E-state index in [0.29, 0.717) is 17.8 Å². The van der Waals surface area contributed by atoms with Crippen molar-refractivity contribution in [3.05, 3.63) is 18.0 Å². The van der Waals surface area contributed by atoms with Crippen LogP contribution in [0.1, 0.15) is 46.1 Å². The largest absolute Gasteiger partial charge is 0.393 e. The Morgan fingerprint density at radius 2 is 2.06 bits per heavy atom. The molecule has 3 nitrogen and oxygen atoms in total. The molecule has 1 aromatic rings. The first-order valence-electron chi connectivity index (χ1n) is 6.42. The third-order valence-corrected chi connectivity index (χ3v) is 2.86. The van der Waals surface area contributed by atoms with E-state index in [0.717, 1.165) is 18.4 Å². The van der Waals surface area contributed by atoms with Gasteiger partial charge in [-0.25, -0.2) is 0 Å². The first-order chi connectivity index (χ1) is 7.76. The van der Waals surface area contributed by atoms with E-state index in [4.69, 9.17) is 0 Å². The molecule has 0 aromatic carbocycles. The number of aromatic nitrogens is 2. The molecule has 1 rings (SSSR count). The molecule has 0 amide bonds. The molecular formula is C14H26N2O. The van der Waals surface area contributed by atoms with E-state index in [9.17, 15) is 5.11 Å². The minimum absolute atomic E-state index is 0.253. The van der Waals surface area contributed by atoms with Crippen molar-refractivity contribution in [1.29, 1.82) is 0 Å². The van der Waals surface area contributed by atoms with Crippen molar-refractivity contribution in [3.63, 3.8) is 0 Å². The van der Waals surface area contributed by atoms with E-state index in [1.54, 1.807) is 4.68 Å². The van der Waals surface area contributed by atoms with Crippen molar-refractivity contribution in [2.45, 2.75) is 53.1 Å². The van der Waals surface area contributed by atoms with E-state index < -0.39 is 0 Å². The Hall–Kier alpha value is -0.830. The summed E-state index contributed by atoms with van der Waals surface area (Å²) in [7, 11) is 1.90. The van der Waals surface area contributed by atoms with Gasteiger partial charge < -0.3 is 5.11 Å². The molecule has 1 N–H and O–H groups in total. The first kappa shape index (κ1) is 14.2. The molecule has 2 atom stereocenters. The molecule has 0 fully saturated rings. The van der Waals surface area contributed by atoms with Gasteiger partial charge in [0, 0.05) is 19.7 Å². The second kappa shape index (κ2) is 5.67. The van der Waals surface area contributed by atoms with Crippen LogP contribution in [-0.4, -0.2) is 21.0 Å². The van der Waals surface area contributed by atoms with Gasteiger partial charge in [-0.15, -0.1) is 0 Å². The normalized spacial score (nSPS) is 15.9. The van der Waals surface area contributed by atoms with E-state index in [1.165, 1.54) is 0 Å². The van der Waals surface area contributed by atoms with Gasteiger partial charge in [0.25, 0.3) is 0 Å². The number of hydrogen-bond acceptors (Lipinski definition) is 2. The van der Waals surface area contributed by atoms with E-state index in [-0.39, 0.29) is 6.10 Å². The summed E-state index contributed by atoms with van der Waals surface area (Å²) < 4.78 is 1.78. The summed E-state index contributed by atoms with van der Waals surface area (Å²) in [5, 5.41) is 14.2. The molecule has 2 unspecified atom stereocenters. The lowest BCUT2D eigenvalue weighted by Crippen LogP contribution is -2.18. The molecule has 17 heavy (non-hydrogen) atoms. The van der Waals surface area contributed by atoms with Gasteiger partial charge in [0.2, 0.25) is 0 Å². The summed E-state index contributed by atoms with van der Waals surface area (Å²) >= 11 is 0. The second-order valence-corrected chi connectivity index (χ2v) is 6.49. The maximum absolute atomic E-state index is 10.0. The molecule has 0 aliphatic carbocycles. The van der Waals surface area contributed by atoms with Gasteiger partial charge in [-0.05, 0) is 29.7 Å². The predicted octanol–water partition coefficient (Wildman–Crippen LogP) is 2.79. The van der Waals surface area contributed by atoms with Crippen LogP contribution in [0.15, 0.2) is 12.4 Å². The van der Waals surface area contributed by atoms with Crippen LogP contribution in [0.25, 0.3) is 0 Å². The Bertz CT molecular complexity index is 338. The number of aliphatic hydroxyl groups excluding tert-OH is 1. The minimum Gasteiger partial charge on any atom is -0.393 e. The molecule has 1 heterocycles. The fraction of sp³-hybridized carbons (Fsp3) is 0.786. The summed E-state index contributed by atoms with van der Waals surface area (Å²) in [6.07, 6.45) is 6.28. The van der Waals surface area contributed by atoms with Crippen LogP contribution < -0.4 is 0 Å². The number of aryl methyl sites for hydroxylation is 1. The van der Waals surface area contributed by atoms with Crippen LogP contribution in [-0.2, 0) is 13.5 Å². The van der Waals surface area contributed by atoms with Crippen molar-refractivity contribution < 1.29 is 5.11 Å². The summed E-state index contributed by atoms with van der Waals surface area (Å²) in [6.45, 7) is 8.96. The molecule has 98 valence electrons. The second-order valence-electron chi connectivity index (χ2n) is 6.49. The Labute approximate surface area is 105 Å². The molecule has 0 aliphatic heterocycles. The van der Waals surface area contributed by atoms with E-state index in [2.05, 4.69) is 32.8 Å². The summed E-state index contributed by atoms with van der Waals surface area (Å²) in [6, 6.07) is 0. The van der Waals surface area contributed by atoms with Gasteiger partial charge in [-0.1, -0.05) is 27.7 Å². The standard InChI is InChI=1S/C14H26N2O/c1-11(8-14(2,3)4)6-13(17)7-12-9-15-16(5)10-12/h9-11,13,17H,6-8H2,1-5H3. The van der Waals surface area contributed by atoms with Gasteiger partial charge in [0.05, 0.1) is 12.3 Å². The molecule has 0 radical (unpaired) electrons. The summed E-state index contributed by atoms with van der Waals surface area (Å²) in [5.74, 6) is 0.557. The summed E-state index contributed by atoms with van der Waals surface area (Å²) in [5.41, 5.74) is 1.45. The molecule has 0 aliphatic rings. The maximum atomic E-state index is 10.0. The fourth-order valence-corrected chi connectivity index (χ4v) is 2.53. The molecule has 0 bridgehead atoms. The highest BCUT2D eigenvalue weighted by molar-refractivity contribution is 5.04. The number of rotatable bonds is 5. The van der Waals surface area contributed by atoms with Crippen molar-refractivity contribution >= 4 is 0 Å². The highest BCUT2D eigenvalue weighted by Crippen LogP contribution is 2.27. The zero-order chi connectivity index (χ0) is 13.1. The molecule has 0 saturated carbocycles. The van der Waals surface area contributed by atoms with Crippen LogP contribution in [0.4, 0.5) is 0 Å². The van der Waals surface area contributed by atoms with Crippen LogP contribution in [0, 0.1) is 11.3 Å². The lowest BCUT2D eigenvalue weighted by atomic mass is 9.83. The molecule has 0 spiro atoms. The third kappa shape index (κ3) is 5.87. The van der Waals surface area contributed by atoms with Crippen molar-refractivity contribution in [3.8, 4) is 0 Å². The minimum atomic E-state index is -0.253. The quantitative estimate of drug-likeness (QED) is 0.856. The lowest BCUT2D eigenvalue weighted by Gasteiger charge is -2.24. The Morgan fingerprint density at radius 3 is 2.53 bits per heavy atom. The number of nitrogens with zero attached hydrogens (tertiary/aromatic N) is 2. The average molecular weight is 238 g/mol. The Morgan fingerprint density at radius 1 is 1.41 bits per heavy atom. The smallest absolute Gasteiger partial charge is 0.0584 e. The highest BCUT2D eigenvalue weighted by atomic mass is 16.3. The Kier molecular flexibility index (Phi) is 4.75. The maximum Gasteiger partial charge on any atom is 0.0584 e. The lowest BCUT2D eigenvalue weighted by molar-refractivity contribution is 0.133. The van der Waals surface area contributed by atoms with Crippen LogP contribution >= 0.6 is 0 Å². The van der Waals surface area contributed by atoms with Gasteiger partial charge in [0.1, 0.15) is 0 Å². The predicted molar refractivity (Wildman–Crippen MR) is 70.8 cm³/mol. The molecule has 1 aromatic heterocycles. The molecular weight excluding hydrogens is 212 g/mol. The number of hydrogen-bond donors (Lipinski definition) is 1. The zero-order valence-electron chi connectivity index (χ0n) is 11.8. The monoisotopic (exact) mass is 238 g/mol.